The molecule has 84 valence electrons. The van der Waals surface area contributed by atoms with Crippen LogP contribution in [0.25, 0.3) is 0 Å². The number of hydrogen-bond donors (Lipinski definition) is 2. The van der Waals surface area contributed by atoms with Crippen LogP contribution in [0.3, 0.4) is 0 Å². The summed E-state index contributed by atoms with van der Waals surface area (Å²) >= 11 is 0. The van der Waals surface area contributed by atoms with E-state index in [0.717, 1.165) is 18.7 Å². The zero-order valence-electron chi connectivity index (χ0n) is 9.00. The monoisotopic (exact) mass is 210 g/mol. The van der Waals surface area contributed by atoms with Crippen molar-refractivity contribution in [1.82, 2.24) is 9.55 Å². The molecular weight excluding hydrogens is 192 g/mol. The van der Waals surface area contributed by atoms with Crippen molar-refractivity contribution in [1.29, 1.82) is 0 Å². The number of aryl methyl sites for hydroxylation is 2. The van der Waals surface area contributed by atoms with E-state index in [2.05, 4.69) is 4.98 Å². The lowest BCUT2D eigenvalue weighted by atomic mass is 10.0. The summed E-state index contributed by atoms with van der Waals surface area (Å²) in [4.78, 5) is 4.18. The lowest BCUT2D eigenvalue weighted by Crippen LogP contribution is -2.28. The molecule has 1 saturated carbocycles. The lowest BCUT2D eigenvalue weighted by molar-refractivity contribution is 0.00155. The summed E-state index contributed by atoms with van der Waals surface area (Å²) in [6, 6.07) is 0. The second-order valence-electron chi connectivity index (χ2n) is 4.39. The third-order valence-corrected chi connectivity index (χ3v) is 3.08. The van der Waals surface area contributed by atoms with Gasteiger partial charge in [-0.05, 0) is 25.2 Å². The molecule has 4 heteroatoms. The zero-order valence-corrected chi connectivity index (χ0v) is 9.00. The first-order valence-electron chi connectivity index (χ1n) is 5.51. The number of rotatable bonds is 5. The molecule has 0 bridgehead atoms. The Morgan fingerprint density at radius 3 is 2.80 bits per heavy atom. The zero-order chi connectivity index (χ0) is 10.8. The Kier molecular flexibility index (Phi) is 3.07. The Hall–Kier alpha value is -0.870. The molecule has 2 rings (SSSR count). The van der Waals surface area contributed by atoms with E-state index in [1.165, 1.54) is 0 Å². The molecule has 2 N–H and O–H groups in total. The fourth-order valence-electron chi connectivity index (χ4n) is 1.84. The van der Waals surface area contributed by atoms with Crippen LogP contribution in [-0.2, 0) is 13.5 Å². The maximum atomic E-state index is 9.73. The summed E-state index contributed by atoms with van der Waals surface area (Å²) in [7, 11) is 1.94. The molecule has 0 saturated heterocycles. The molecule has 0 spiro atoms. The highest BCUT2D eigenvalue weighted by molar-refractivity contribution is 4.93. The van der Waals surface area contributed by atoms with Crippen molar-refractivity contribution in [2.75, 3.05) is 0 Å². The molecule has 0 aliphatic heterocycles. The third kappa shape index (κ3) is 2.58. The van der Waals surface area contributed by atoms with E-state index in [1.54, 1.807) is 6.20 Å². The molecule has 1 fully saturated rings. The van der Waals surface area contributed by atoms with Crippen molar-refractivity contribution in [3.63, 3.8) is 0 Å². The van der Waals surface area contributed by atoms with Gasteiger partial charge < -0.3 is 14.8 Å². The number of aromatic nitrogens is 2. The molecule has 15 heavy (non-hydrogen) atoms. The SMILES string of the molecule is Cn1ccnc1CCC(O)C(O)C1CC1. The third-order valence-electron chi connectivity index (χ3n) is 3.08. The minimum Gasteiger partial charge on any atom is -0.390 e. The van der Waals surface area contributed by atoms with Crippen LogP contribution in [0.1, 0.15) is 25.1 Å². The molecule has 1 aromatic rings. The van der Waals surface area contributed by atoms with Crippen LogP contribution in [0.2, 0.25) is 0 Å². The van der Waals surface area contributed by atoms with E-state index < -0.39 is 12.2 Å². The number of aliphatic hydroxyl groups is 2. The van der Waals surface area contributed by atoms with Crippen molar-refractivity contribution in [3.8, 4) is 0 Å². The fourth-order valence-corrected chi connectivity index (χ4v) is 1.84. The highest BCUT2D eigenvalue weighted by atomic mass is 16.3. The van der Waals surface area contributed by atoms with Gasteiger partial charge in [-0.25, -0.2) is 4.98 Å². The van der Waals surface area contributed by atoms with E-state index >= 15 is 0 Å². The highest BCUT2D eigenvalue weighted by Gasteiger charge is 2.34. The number of nitrogens with zero attached hydrogens (tertiary/aromatic N) is 2. The molecule has 1 aromatic heterocycles. The molecule has 1 heterocycles. The summed E-state index contributed by atoms with van der Waals surface area (Å²) in [5, 5.41) is 19.4. The van der Waals surface area contributed by atoms with Crippen molar-refractivity contribution in [2.45, 2.75) is 37.9 Å². The summed E-state index contributed by atoms with van der Waals surface area (Å²) in [5.41, 5.74) is 0. The van der Waals surface area contributed by atoms with Gasteiger partial charge in [-0.2, -0.15) is 0 Å². The van der Waals surface area contributed by atoms with Gasteiger partial charge in [0.1, 0.15) is 5.82 Å². The summed E-state index contributed by atoms with van der Waals surface area (Å²) in [6.45, 7) is 0. The molecule has 2 unspecified atom stereocenters. The quantitative estimate of drug-likeness (QED) is 0.743. The summed E-state index contributed by atoms with van der Waals surface area (Å²) < 4.78 is 1.94. The predicted octanol–water partition coefficient (Wildman–Crippen LogP) is 0.484. The first-order valence-corrected chi connectivity index (χ1v) is 5.51. The molecule has 0 aromatic carbocycles. The standard InChI is InChI=1S/C11H18N2O2/c1-13-7-6-12-10(13)5-4-9(14)11(15)8-2-3-8/h6-9,11,14-15H,2-5H2,1H3. The molecule has 0 radical (unpaired) electrons. The van der Waals surface area contributed by atoms with Gasteiger partial charge in [0.2, 0.25) is 0 Å². The van der Waals surface area contributed by atoms with Crippen LogP contribution >= 0.6 is 0 Å². The molecule has 1 aliphatic rings. The first kappa shape index (κ1) is 10.6. The summed E-state index contributed by atoms with van der Waals surface area (Å²) in [6.07, 6.45) is 5.91. The average molecular weight is 210 g/mol. The van der Waals surface area contributed by atoms with Crippen molar-refractivity contribution < 1.29 is 10.2 Å². The maximum absolute atomic E-state index is 9.73. The molecule has 2 atom stereocenters. The number of imidazole rings is 1. The maximum Gasteiger partial charge on any atom is 0.108 e. The molecule has 1 aliphatic carbocycles. The van der Waals surface area contributed by atoms with Crippen molar-refractivity contribution >= 4 is 0 Å². The van der Waals surface area contributed by atoms with E-state index in [-0.39, 0.29) is 0 Å². The van der Waals surface area contributed by atoms with Gasteiger partial charge in [0, 0.05) is 25.9 Å². The van der Waals surface area contributed by atoms with Crippen LogP contribution in [0.5, 0.6) is 0 Å². The van der Waals surface area contributed by atoms with Crippen LogP contribution in [0.15, 0.2) is 12.4 Å². The second-order valence-corrected chi connectivity index (χ2v) is 4.39. The van der Waals surface area contributed by atoms with Gasteiger partial charge in [-0.1, -0.05) is 0 Å². The lowest BCUT2D eigenvalue weighted by Gasteiger charge is -2.16. The van der Waals surface area contributed by atoms with E-state index in [0.29, 0.717) is 18.8 Å². The molecule has 4 nitrogen and oxygen atoms in total. The van der Waals surface area contributed by atoms with Crippen LogP contribution in [-0.4, -0.2) is 32.0 Å². The minimum atomic E-state index is -0.603. The number of aliphatic hydroxyl groups excluding tert-OH is 2. The first-order chi connectivity index (χ1) is 7.18. The van der Waals surface area contributed by atoms with E-state index in [1.807, 2.05) is 17.8 Å². The Labute approximate surface area is 89.6 Å². The van der Waals surface area contributed by atoms with Crippen LogP contribution in [0.4, 0.5) is 0 Å². The van der Waals surface area contributed by atoms with Gasteiger partial charge in [0.15, 0.2) is 0 Å². The van der Waals surface area contributed by atoms with Gasteiger partial charge in [0.05, 0.1) is 12.2 Å². The largest absolute Gasteiger partial charge is 0.390 e. The average Bonchev–Trinajstić information content (AvgIpc) is 2.99. The normalized spacial score (nSPS) is 20.2. The predicted molar refractivity (Wildman–Crippen MR) is 56.3 cm³/mol. The highest BCUT2D eigenvalue weighted by Crippen LogP contribution is 2.34. The van der Waals surface area contributed by atoms with Crippen molar-refractivity contribution in [2.24, 2.45) is 13.0 Å². The topological polar surface area (TPSA) is 58.3 Å². The Balaban J connectivity index is 1.79. The van der Waals surface area contributed by atoms with Gasteiger partial charge in [0.25, 0.3) is 0 Å². The minimum absolute atomic E-state index is 0.335. The molecular formula is C11H18N2O2. The number of hydrogen-bond acceptors (Lipinski definition) is 3. The Morgan fingerprint density at radius 2 is 2.27 bits per heavy atom. The summed E-state index contributed by atoms with van der Waals surface area (Å²) in [5.74, 6) is 1.29. The second kappa shape index (κ2) is 4.33. The van der Waals surface area contributed by atoms with Crippen molar-refractivity contribution in [3.05, 3.63) is 18.2 Å². The van der Waals surface area contributed by atoms with E-state index in [4.69, 9.17) is 0 Å². The van der Waals surface area contributed by atoms with Gasteiger partial charge >= 0.3 is 0 Å². The Morgan fingerprint density at radius 1 is 1.53 bits per heavy atom. The van der Waals surface area contributed by atoms with Gasteiger partial charge in [-0.15, -0.1) is 0 Å². The van der Waals surface area contributed by atoms with Crippen LogP contribution < -0.4 is 0 Å². The van der Waals surface area contributed by atoms with Crippen LogP contribution in [0, 0.1) is 5.92 Å². The fraction of sp³-hybridized carbons (Fsp3) is 0.727. The smallest absolute Gasteiger partial charge is 0.108 e. The van der Waals surface area contributed by atoms with E-state index in [9.17, 15) is 10.2 Å². The Bertz CT molecular complexity index is 320. The van der Waals surface area contributed by atoms with Gasteiger partial charge in [-0.3, -0.25) is 0 Å². The molecule has 0 amide bonds.